The Balaban J connectivity index is 1.63. The lowest BCUT2D eigenvalue weighted by Crippen LogP contribution is -2.48. The zero-order valence-electron chi connectivity index (χ0n) is 17.3. The summed E-state index contributed by atoms with van der Waals surface area (Å²) in [4.78, 5) is 26.3. The number of carbonyl (C=O) groups is 1. The van der Waals surface area contributed by atoms with Gasteiger partial charge in [-0.1, -0.05) is 6.92 Å². The summed E-state index contributed by atoms with van der Waals surface area (Å²) in [6, 6.07) is 1.17. The maximum Gasteiger partial charge on any atom is 0.405 e. The molecule has 3 aromatic rings. The van der Waals surface area contributed by atoms with Gasteiger partial charge in [0.05, 0.1) is 17.8 Å². The number of aromatic nitrogens is 4. The number of hydrogen-bond acceptors (Lipinski definition) is 5. The Bertz CT molecular complexity index is 1090. The molecule has 4 heterocycles. The minimum Gasteiger partial charge on any atom is -0.385 e. The zero-order valence-corrected chi connectivity index (χ0v) is 17.3. The second kappa shape index (κ2) is 8.12. The van der Waals surface area contributed by atoms with E-state index in [1.807, 2.05) is 20.9 Å². The maximum absolute atomic E-state index is 12.5. The molecule has 168 valence electrons. The molecule has 0 radical (unpaired) electrons. The van der Waals surface area contributed by atoms with Crippen molar-refractivity contribution in [3.05, 3.63) is 24.3 Å². The number of fused-ring (bicyclic) bond motifs is 3. The molecule has 1 fully saturated rings. The molecule has 0 aliphatic carbocycles. The first-order chi connectivity index (χ1) is 14.7. The van der Waals surface area contributed by atoms with Crippen molar-refractivity contribution in [2.45, 2.75) is 51.1 Å². The molecule has 1 amide bonds. The number of carbonyl (C=O) groups excluding carboxylic acids is 1. The van der Waals surface area contributed by atoms with Crippen molar-refractivity contribution < 1.29 is 23.1 Å². The summed E-state index contributed by atoms with van der Waals surface area (Å²) in [6.45, 7) is 3.12. The lowest BCUT2D eigenvalue weighted by molar-refractivity contribution is -0.141. The van der Waals surface area contributed by atoms with Gasteiger partial charge in [0.15, 0.2) is 0 Å². The predicted octanol–water partition coefficient (Wildman–Crippen LogP) is 2.67. The summed E-state index contributed by atoms with van der Waals surface area (Å²) in [5.74, 6) is -0.115. The van der Waals surface area contributed by atoms with Gasteiger partial charge in [0.25, 0.3) is 0 Å². The standard InChI is InChI=1S/C20H25F3N6O2/c1-3-15(19(31)26-10-20(21,22)23)28-7-5-12(9-28)29-16-13-4-6-24-17(13)25-8-14(16)27-18(29)11(2)30/h4,6,8,11-12,15,30H,3,5,7,9-10H2,1-2H3,(H,24,25)(H,26,31)/t11?,12-,15?/m0/s1. The second-order valence-electron chi connectivity index (χ2n) is 7.94. The molecule has 31 heavy (non-hydrogen) atoms. The molecule has 3 N–H and O–H groups in total. The van der Waals surface area contributed by atoms with Gasteiger partial charge in [0, 0.05) is 30.7 Å². The molecular formula is C20H25F3N6O2. The number of nitrogens with zero attached hydrogens (tertiary/aromatic N) is 4. The average molecular weight is 438 g/mol. The van der Waals surface area contributed by atoms with E-state index in [2.05, 4.69) is 15.0 Å². The van der Waals surface area contributed by atoms with Gasteiger partial charge in [0.2, 0.25) is 5.91 Å². The highest BCUT2D eigenvalue weighted by Gasteiger charge is 2.36. The summed E-state index contributed by atoms with van der Waals surface area (Å²) in [5, 5.41) is 13.2. The maximum atomic E-state index is 12.5. The van der Waals surface area contributed by atoms with Gasteiger partial charge >= 0.3 is 6.18 Å². The molecule has 4 rings (SSSR count). The quantitative estimate of drug-likeness (QED) is 0.550. The van der Waals surface area contributed by atoms with Crippen LogP contribution in [0.5, 0.6) is 0 Å². The zero-order chi connectivity index (χ0) is 22.3. The summed E-state index contributed by atoms with van der Waals surface area (Å²) < 4.78 is 39.5. The normalized spacial score (nSPS) is 19.9. The number of alkyl halides is 3. The number of imidazole rings is 1. The topological polar surface area (TPSA) is 99.1 Å². The van der Waals surface area contributed by atoms with Gasteiger partial charge in [-0.2, -0.15) is 13.2 Å². The third kappa shape index (κ3) is 4.11. The van der Waals surface area contributed by atoms with Crippen LogP contribution in [0.4, 0.5) is 13.2 Å². The third-order valence-electron chi connectivity index (χ3n) is 5.79. The lowest BCUT2D eigenvalue weighted by atomic mass is 10.2. The summed E-state index contributed by atoms with van der Waals surface area (Å²) in [7, 11) is 0. The number of aromatic amines is 1. The Morgan fingerprint density at radius 3 is 2.90 bits per heavy atom. The van der Waals surface area contributed by atoms with Gasteiger partial charge in [-0.05, 0) is 25.8 Å². The fraction of sp³-hybridized carbons (Fsp3) is 0.550. The van der Waals surface area contributed by atoms with Crippen molar-refractivity contribution in [1.82, 2.24) is 29.7 Å². The SMILES string of the molecule is CCC(C(=O)NCC(F)(F)F)N1CC[C@H](n2c(C(C)O)nc3cnc4[nH]ccc4c32)C1. The van der Waals surface area contributed by atoms with E-state index < -0.39 is 30.8 Å². The number of likely N-dealkylation sites (tertiary alicyclic amines) is 1. The summed E-state index contributed by atoms with van der Waals surface area (Å²) in [6.07, 6.45) is -0.733. The number of aliphatic hydroxyl groups is 1. The monoisotopic (exact) mass is 438 g/mol. The van der Waals surface area contributed by atoms with Crippen molar-refractivity contribution in [2.75, 3.05) is 19.6 Å². The van der Waals surface area contributed by atoms with Crippen LogP contribution < -0.4 is 5.32 Å². The molecular weight excluding hydrogens is 413 g/mol. The van der Waals surface area contributed by atoms with Gasteiger partial charge in [-0.15, -0.1) is 0 Å². The molecule has 3 aromatic heterocycles. The molecule has 8 nitrogen and oxygen atoms in total. The minimum absolute atomic E-state index is 0.0837. The minimum atomic E-state index is -4.45. The Morgan fingerprint density at radius 2 is 2.23 bits per heavy atom. The molecule has 1 aliphatic rings. The Kier molecular flexibility index (Phi) is 5.65. The van der Waals surface area contributed by atoms with Crippen LogP contribution in [0.25, 0.3) is 22.1 Å². The molecule has 1 saturated heterocycles. The van der Waals surface area contributed by atoms with Crippen molar-refractivity contribution in [3.63, 3.8) is 0 Å². The third-order valence-corrected chi connectivity index (χ3v) is 5.79. The van der Waals surface area contributed by atoms with E-state index in [-0.39, 0.29) is 6.04 Å². The van der Waals surface area contributed by atoms with Crippen LogP contribution in [0.1, 0.15) is 44.7 Å². The van der Waals surface area contributed by atoms with Crippen molar-refractivity contribution >= 4 is 28.0 Å². The molecule has 2 unspecified atom stereocenters. The molecule has 0 bridgehead atoms. The van der Waals surface area contributed by atoms with Crippen LogP contribution >= 0.6 is 0 Å². The van der Waals surface area contributed by atoms with Crippen molar-refractivity contribution in [2.24, 2.45) is 0 Å². The lowest BCUT2D eigenvalue weighted by Gasteiger charge is -2.26. The number of aliphatic hydroxyl groups excluding tert-OH is 1. The number of hydrogen-bond donors (Lipinski definition) is 3. The van der Waals surface area contributed by atoms with Crippen LogP contribution in [-0.2, 0) is 4.79 Å². The first kappa shape index (κ1) is 21.6. The molecule has 3 atom stereocenters. The van der Waals surface area contributed by atoms with Crippen LogP contribution in [0.2, 0.25) is 0 Å². The summed E-state index contributed by atoms with van der Waals surface area (Å²) in [5.41, 5.74) is 2.22. The van der Waals surface area contributed by atoms with Crippen LogP contribution in [0, 0.1) is 0 Å². The van der Waals surface area contributed by atoms with Gasteiger partial charge < -0.3 is 20.0 Å². The van der Waals surface area contributed by atoms with E-state index in [0.717, 1.165) is 10.9 Å². The Labute approximate surface area is 176 Å². The van der Waals surface area contributed by atoms with E-state index >= 15 is 0 Å². The van der Waals surface area contributed by atoms with Crippen LogP contribution in [0.15, 0.2) is 18.5 Å². The van der Waals surface area contributed by atoms with E-state index in [1.165, 1.54) is 0 Å². The van der Waals surface area contributed by atoms with Crippen LogP contribution in [0.3, 0.4) is 0 Å². The smallest absolute Gasteiger partial charge is 0.385 e. The highest BCUT2D eigenvalue weighted by molar-refractivity contribution is 6.01. The largest absolute Gasteiger partial charge is 0.405 e. The van der Waals surface area contributed by atoms with Crippen LogP contribution in [-0.4, -0.2) is 67.3 Å². The van der Waals surface area contributed by atoms with Gasteiger partial charge in [-0.25, -0.2) is 9.97 Å². The van der Waals surface area contributed by atoms with E-state index in [0.29, 0.717) is 42.9 Å². The van der Waals surface area contributed by atoms with E-state index in [9.17, 15) is 23.1 Å². The van der Waals surface area contributed by atoms with Crippen molar-refractivity contribution in [1.29, 1.82) is 0 Å². The van der Waals surface area contributed by atoms with Gasteiger partial charge in [0.1, 0.15) is 29.6 Å². The molecule has 11 heteroatoms. The fourth-order valence-corrected chi connectivity index (χ4v) is 4.45. The molecule has 0 spiro atoms. The summed E-state index contributed by atoms with van der Waals surface area (Å²) >= 11 is 0. The molecule has 0 aromatic carbocycles. The predicted molar refractivity (Wildman–Crippen MR) is 108 cm³/mol. The number of nitrogens with one attached hydrogen (secondary N) is 2. The Hall–Kier alpha value is -2.66. The van der Waals surface area contributed by atoms with E-state index in [1.54, 1.807) is 26.2 Å². The fourth-order valence-electron chi connectivity index (χ4n) is 4.45. The molecule has 1 aliphatic heterocycles. The highest BCUT2D eigenvalue weighted by atomic mass is 19.4. The first-order valence-corrected chi connectivity index (χ1v) is 10.3. The number of amides is 1. The van der Waals surface area contributed by atoms with Crippen molar-refractivity contribution in [3.8, 4) is 0 Å². The number of rotatable bonds is 6. The highest BCUT2D eigenvalue weighted by Crippen LogP contribution is 2.34. The molecule has 0 saturated carbocycles. The number of H-pyrrole nitrogens is 1. The van der Waals surface area contributed by atoms with E-state index in [4.69, 9.17) is 0 Å². The first-order valence-electron chi connectivity index (χ1n) is 10.3. The Morgan fingerprint density at radius 1 is 1.45 bits per heavy atom. The number of halogens is 3. The second-order valence-corrected chi connectivity index (χ2v) is 7.94. The average Bonchev–Trinajstić information content (AvgIpc) is 3.42. The number of pyridine rings is 1. The van der Waals surface area contributed by atoms with Gasteiger partial charge in [-0.3, -0.25) is 9.69 Å².